The Bertz CT molecular complexity index is 4360. The van der Waals surface area contributed by atoms with Gasteiger partial charge in [-0.25, -0.2) is 15.0 Å². The molecule has 13 aromatic rings. The minimum absolute atomic E-state index is 0.526. The number of hydrogen-bond acceptors (Lipinski definition) is 4. The number of nitrogens with zero attached hydrogens (tertiary/aromatic N) is 6. The Morgan fingerprint density at radius 1 is 0.338 bits per heavy atom. The van der Waals surface area contributed by atoms with E-state index in [-0.39, 0.29) is 0 Å². The zero-order chi connectivity index (χ0) is 50.0. The predicted molar refractivity (Wildman–Crippen MR) is 305 cm³/mol. The molecule has 3 aromatic heterocycles. The summed E-state index contributed by atoms with van der Waals surface area (Å²) in [4.78, 5) is 15.5. The van der Waals surface area contributed by atoms with Crippen LogP contribution in [0.1, 0.15) is 27.8 Å². The normalized spacial score (nSPS) is 11.5. The molecule has 350 valence electrons. The first-order valence-corrected chi connectivity index (χ1v) is 25.1. The van der Waals surface area contributed by atoms with Crippen molar-refractivity contribution in [3.8, 4) is 85.0 Å². The van der Waals surface area contributed by atoms with E-state index in [0.29, 0.717) is 23.0 Å². The van der Waals surface area contributed by atoms with Gasteiger partial charge in [-0.15, -0.1) is 0 Å². The van der Waals surface area contributed by atoms with E-state index in [1.54, 1.807) is 0 Å². The molecule has 0 unspecified atom stereocenters. The summed E-state index contributed by atoms with van der Waals surface area (Å²) < 4.78 is 4.71. The van der Waals surface area contributed by atoms with Gasteiger partial charge in [0, 0.05) is 49.4 Å². The number of rotatable bonds is 8. The quantitative estimate of drug-likeness (QED) is 0.152. The van der Waals surface area contributed by atoms with Gasteiger partial charge in [-0.1, -0.05) is 163 Å². The number of hydrogen-bond donors (Lipinski definition) is 0. The maximum absolute atomic E-state index is 11.4. The molecule has 0 atom stereocenters. The Balaban J connectivity index is 1.11. The Kier molecular flexibility index (Phi) is 10.7. The van der Waals surface area contributed by atoms with Crippen LogP contribution in [-0.2, 0) is 0 Å². The molecule has 0 aliphatic carbocycles. The van der Waals surface area contributed by atoms with E-state index in [2.05, 4.69) is 188 Å². The van der Waals surface area contributed by atoms with Crippen molar-refractivity contribution in [1.29, 1.82) is 5.26 Å². The molecular weight excluding hydrogens is 901 g/mol. The van der Waals surface area contributed by atoms with Gasteiger partial charge in [-0.05, 0) is 128 Å². The second-order valence-electron chi connectivity index (χ2n) is 19.4. The maximum Gasteiger partial charge on any atom is 0.164 e. The van der Waals surface area contributed by atoms with E-state index in [9.17, 15) is 5.26 Å². The van der Waals surface area contributed by atoms with Crippen LogP contribution in [0.2, 0.25) is 0 Å². The summed E-state index contributed by atoms with van der Waals surface area (Å²) in [5.41, 5.74) is 20.5. The number of benzene rings is 10. The van der Waals surface area contributed by atoms with Gasteiger partial charge in [0.15, 0.2) is 17.5 Å². The van der Waals surface area contributed by atoms with Crippen LogP contribution in [0.15, 0.2) is 218 Å². The van der Waals surface area contributed by atoms with Crippen molar-refractivity contribution < 1.29 is 0 Å². The lowest BCUT2D eigenvalue weighted by Gasteiger charge is -2.21. The molecule has 6 nitrogen and oxygen atoms in total. The fraction of sp³-hybridized carbons (Fsp3) is 0.0588. The summed E-state index contributed by atoms with van der Waals surface area (Å²) in [5.74, 6) is 1.67. The highest BCUT2D eigenvalue weighted by Gasteiger charge is 2.25. The molecule has 10 aromatic carbocycles. The molecule has 74 heavy (non-hydrogen) atoms. The van der Waals surface area contributed by atoms with E-state index >= 15 is 0 Å². The van der Waals surface area contributed by atoms with Crippen molar-refractivity contribution in [2.75, 3.05) is 0 Å². The van der Waals surface area contributed by atoms with Gasteiger partial charge in [0.2, 0.25) is 0 Å². The number of aromatic nitrogens is 5. The summed E-state index contributed by atoms with van der Waals surface area (Å²) in [6.07, 6.45) is 0. The van der Waals surface area contributed by atoms with Gasteiger partial charge >= 0.3 is 0 Å². The Morgan fingerprint density at radius 2 is 0.797 bits per heavy atom. The van der Waals surface area contributed by atoms with E-state index in [1.165, 1.54) is 33.4 Å². The first kappa shape index (κ1) is 44.3. The summed E-state index contributed by atoms with van der Waals surface area (Å²) in [6.45, 7) is 8.65. The van der Waals surface area contributed by atoms with Crippen molar-refractivity contribution in [3.63, 3.8) is 0 Å². The molecule has 0 amide bonds. The Labute approximate surface area is 429 Å². The summed E-state index contributed by atoms with van der Waals surface area (Å²) in [6, 6.07) is 79.6. The highest BCUT2D eigenvalue weighted by molar-refractivity contribution is 6.13. The monoisotopic (exact) mass is 948 g/mol. The van der Waals surface area contributed by atoms with Crippen LogP contribution in [0.25, 0.3) is 123 Å². The lowest BCUT2D eigenvalue weighted by atomic mass is 9.94. The molecule has 0 N–H and O–H groups in total. The molecular formula is C68H48N6. The van der Waals surface area contributed by atoms with Crippen molar-refractivity contribution >= 4 is 43.6 Å². The first-order chi connectivity index (χ1) is 36.3. The minimum atomic E-state index is 0.526. The van der Waals surface area contributed by atoms with Crippen LogP contribution < -0.4 is 0 Å². The lowest BCUT2D eigenvalue weighted by Crippen LogP contribution is -2.05. The second-order valence-corrected chi connectivity index (χ2v) is 19.4. The zero-order valence-corrected chi connectivity index (χ0v) is 41.5. The molecule has 0 fully saturated rings. The fourth-order valence-corrected chi connectivity index (χ4v) is 11.2. The number of fused-ring (bicyclic) bond motifs is 6. The van der Waals surface area contributed by atoms with E-state index in [4.69, 9.17) is 15.0 Å². The van der Waals surface area contributed by atoms with Crippen LogP contribution >= 0.6 is 0 Å². The number of aryl methyl sites for hydroxylation is 4. The summed E-state index contributed by atoms with van der Waals surface area (Å²) in [5, 5.41) is 15.9. The van der Waals surface area contributed by atoms with Crippen LogP contribution in [-0.4, -0.2) is 24.1 Å². The molecule has 0 aliphatic rings. The molecule has 0 saturated heterocycles. The third-order valence-corrected chi connectivity index (χ3v) is 14.6. The van der Waals surface area contributed by atoms with Crippen LogP contribution in [0, 0.1) is 39.0 Å². The second kappa shape index (κ2) is 17.9. The van der Waals surface area contributed by atoms with Crippen molar-refractivity contribution in [3.05, 3.63) is 246 Å². The maximum atomic E-state index is 11.4. The van der Waals surface area contributed by atoms with Gasteiger partial charge < -0.3 is 9.13 Å². The molecule has 3 heterocycles. The SMILES string of the molecule is Cc1ccc(-c2ccc3c(c2)c2ccccc2n3-c2ccc(-c3nc(-c4ccccc4)nc(-c4ccccc4)n3)cc2-c2c(C#N)cccc2-n2c3ccccc3c3cc(-c4ccc(C)cc4C)ccc32)c(C)c1. The third kappa shape index (κ3) is 7.45. The topological polar surface area (TPSA) is 72.3 Å². The molecule has 0 radical (unpaired) electrons. The minimum Gasteiger partial charge on any atom is -0.309 e. The molecule has 13 rings (SSSR count). The summed E-state index contributed by atoms with van der Waals surface area (Å²) in [7, 11) is 0. The van der Waals surface area contributed by atoms with E-state index in [1.807, 2.05) is 72.8 Å². The zero-order valence-electron chi connectivity index (χ0n) is 41.5. The molecule has 0 spiro atoms. The van der Waals surface area contributed by atoms with Crippen molar-refractivity contribution in [1.82, 2.24) is 24.1 Å². The van der Waals surface area contributed by atoms with Crippen LogP contribution in [0.5, 0.6) is 0 Å². The summed E-state index contributed by atoms with van der Waals surface area (Å²) >= 11 is 0. The van der Waals surface area contributed by atoms with Gasteiger partial charge in [0.25, 0.3) is 0 Å². The standard InChI is InChI=1S/C68H48N6/c1-42-26-31-52(44(3)36-42)48-28-33-61-56(38-48)54-21-11-13-23-59(54)73(61)63-35-30-50(68-71-66(46-16-7-5-8-17-46)70-67(72-68)47-18-9-6-10-19-47)40-58(63)65-51(41-69)20-15-25-64(65)74-60-24-14-12-22-55(60)57-39-49(29-34-62(57)74)53-32-27-43(2)37-45(53)4/h5-40H,1-4H3. The Hall–Kier alpha value is -9.70. The van der Waals surface area contributed by atoms with E-state index < -0.39 is 0 Å². The average molecular weight is 949 g/mol. The predicted octanol–water partition coefficient (Wildman–Crippen LogP) is 17.2. The van der Waals surface area contributed by atoms with Gasteiger partial charge in [-0.2, -0.15) is 5.26 Å². The van der Waals surface area contributed by atoms with Gasteiger partial charge in [0.05, 0.1) is 45.1 Å². The molecule has 0 saturated carbocycles. The van der Waals surface area contributed by atoms with Gasteiger partial charge in [0.1, 0.15) is 0 Å². The number of para-hydroxylation sites is 2. The van der Waals surface area contributed by atoms with Crippen LogP contribution in [0.4, 0.5) is 0 Å². The molecule has 0 bridgehead atoms. The van der Waals surface area contributed by atoms with Crippen molar-refractivity contribution in [2.24, 2.45) is 0 Å². The largest absolute Gasteiger partial charge is 0.309 e. The molecule has 0 aliphatic heterocycles. The first-order valence-electron chi connectivity index (χ1n) is 25.1. The van der Waals surface area contributed by atoms with E-state index in [0.717, 1.165) is 93.9 Å². The number of nitriles is 1. The third-order valence-electron chi connectivity index (χ3n) is 14.6. The lowest BCUT2D eigenvalue weighted by molar-refractivity contribution is 1.07. The molecule has 6 heteroatoms. The fourth-order valence-electron chi connectivity index (χ4n) is 11.2. The highest BCUT2D eigenvalue weighted by Crippen LogP contribution is 2.45. The smallest absolute Gasteiger partial charge is 0.164 e. The van der Waals surface area contributed by atoms with Gasteiger partial charge in [-0.3, -0.25) is 0 Å². The Morgan fingerprint density at radius 3 is 1.31 bits per heavy atom. The van der Waals surface area contributed by atoms with Crippen LogP contribution in [0.3, 0.4) is 0 Å². The van der Waals surface area contributed by atoms with Crippen molar-refractivity contribution in [2.45, 2.75) is 27.7 Å². The highest BCUT2D eigenvalue weighted by atomic mass is 15.0. The average Bonchev–Trinajstić information content (AvgIpc) is 3.95.